The quantitative estimate of drug-likeness (QED) is 0.757. The van der Waals surface area contributed by atoms with Gasteiger partial charge in [0.2, 0.25) is 0 Å². The summed E-state index contributed by atoms with van der Waals surface area (Å²) >= 11 is 12.0. The predicted molar refractivity (Wildman–Crippen MR) is 98.9 cm³/mol. The SMILES string of the molecule is C[C@H](CCc1ccccc1)NC(=O)[C@H](C)Oc1cccc(Cl)c1Cl. The van der Waals surface area contributed by atoms with Gasteiger partial charge in [0.1, 0.15) is 10.8 Å². The standard InChI is InChI=1S/C19H21Cl2NO2/c1-13(11-12-15-7-4-3-5-8-15)22-19(23)14(2)24-17-10-6-9-16(20)18(17)21/h3-10,13-14H,11-12H2,1-2H3,(H,22,23)/t13-,14+/m1/s1. The number of hydrogen-bond donors (Lipinski definition) is 1. The molecule has 2 aromatic carbocycles. The van der Waals surface area contributed by atoms with Crippen LogP contribution < -0.4 is 10.1 Å². The second-order valence-electron chi connectivity index (χ2n) is 5.75. The molecule has 2 rings (SSSR count). The third-order valence-corrected chi connectivity index (χ3v) is 4.49. The molecule has 0 aliphatic heterocycles. The van der Waals surface area contributed by atoms with Gasteiger partial charge in [0.25, 0.3) is 5.91 Å². The fourth-order valence-electron chi connectivity index (χ4n) is 2.28. The topological polar surface area (TPSA) is 38.3 Å². The molecule has 0 fully saturated rings. The van der Waals surface area contributed by atoms with Gasteiger partial charge in [0.05, 0.1) is 5.02 Å². The van der Waals surface area contributed by atoms with Crippen molar-refractivity contribution in [3.05, 3.63) is 64.1 Å². The lowest BCUT2D eigenvalue weighted by molar-refractivity contribution is -0.127. The van der Waals surface area contributed by atoms with Crippen LogP contribution in [0.1, 0.15) is 25.8 Å². The first-order valence-corrected chi connectivity index (χ1v) is 8.68. The zero-order valence-electron chi connectivity index (χ0n) is 13.8. The molecule has 0 aliphatic rings. The average molecular weight is 366 g/mol. The van der Waals surface area contributed by atoms with E-state index >= 15 is 0 Å². The molecule has 0 radical (unpaired) electrons. The Balaban J connectivity index is 1.83. The second kappa shape index (κ2) is 8.95. The third kappa shape index (κ3) is 5.43. The Morgan fingerprint density at radius 2 is 1.79 bits per heavy atom. The van der Waals surface area contributed by atoms with Gasteiger partial charge in [-0.2, -0.15) is 0 Å². The molecule has 3 nitrogen and oxygen atoms in total. The van der Waals surface area contributed by atoms with Crippen LogP contribution in [0.25, 0.3) is 0 Å². The van der Waals surface area contributed by atoms with Gasteiger partial charge >= 0.3 is 0 Å². The molecule has 0 bridgehead atoms. The largest absolute Gasteiger partial charge is 0.479 e. The number of carbonyl (C=O) groups excluding carboxylic acids is 1. The number of hydrogen-bond acceptors (Lipinski definition) is 2. The van der Waals surface area contributed by atoms with Gasteiger partial charge in [-0.05, 0) is 44.4 Å². The number of aryl methyl sites for hydroxylation is 1. The molecule has 0 aliphatic carbocycles. The van der Waals surface area contributed by atoms with E-state index in [9.17, 15) is 4.79 Å². The van der Waals surface area contributed by atoms with E-state index in [0.29, 0.717) is 15.8 Å². The number of benzene rings is 2. The molecule has 2 aromatic rings. The van der Waals surface area contributed by atoms with Crippen molar-refractivity contribution in [1.82, 2.24) is 5.32 Å². The minimum Gasteiger partial charge on any atom is -0.479 e. The van der Waals surface area contributed by atoms with Crippen molar-refractivity contribution in [2.24, 2.45) is 0 Å². The smallest absolute Gasteiger partial charge is 0.260 e. The lowest BCUT2D eigenvalue weighted by atomic mass is 10.1. The molecule has 0 heterocycles. The Bertz CT molecular complexity index is 676. The molecule has 1 amide bonds. The van der Waals surface area contributed by atoms with E-state index in [1.165, 1.54) is 5.56 Å². The van der Waals surface area contributed by atoms with Crippen molar-refractivity contribution in [3.8, 4) is 5.75 Å². The minimum atomic E-state index is -0.653. The maximum Gasteiger partial charge on any atom is 0.260 e. The van der Waals surface area contributed by atoms with Crippen molar-refractivity contribution < 1.29 is 9.53 Å². The van der Waals surface area contributed by atoms with E-state index in [1.54, 1.807) is 25.1 Å². The zero-order chi connectivity index (χ0) is 17.5. The van der Waals surface area contributed by atoms with Crippen molar-refractivity contribution in [1.29, 1.82) is 0 Å². The van der Waals surface area contributed by atoms with Crippen molar-refractivity contribution in [2.75, 3.05) is 0 Å². The summed E-state index contributed by atoms with van der Waals surface area (Å²) in [5.74, 6) is 0.232. The Labute approximate surface area is 152 Å². The highest BCUT2D eigenvalue weighted by Crippen LogP contribution is 2.32. The fraction of sp³-hybridized carbons (Fsp3) is 0.316. The predicted octanol–water partition coefficient (Wildman–Crippen LogP) is 4.90. The van der Waals surface area contributed by atoms with Crippen LogP contribution in [-0.2, 0) is 11.2 Å². The lowest BCUT2D eigenvalue weighted by Crippen LogP contribution is -2.41. The highest BCUT2D eigenvalue weighted by atomic mass is 35.5. The van der Waals surface area contributed by atoms with Gasteiger partial charge in [-0.15, -0.1) is 0 Å². The summed E-state index contributed by atoms with van der Waals surface area (Å²) in [5.41, 5.74) is 1.26. The first kappa shape index (κ1) is 18.6. The van der Waals surface area contributed by atoms with Gasteiger partial charge < -0.3 is 10.1 Å². The summed E-state index contributed by atoms with van der Waals surface area (Å²) in [6.45, 7) is 3.68. The fourth-order valence-corrected chi connectivity index (χ4v) is 2.62. The van der Waals surface area contributed by atoms with Crippen LogP contribution in [-0.4, -0.2) is 18.1 Å². The van der Waals surface area contributed by atoms with Crippen LogP contribution in [0.3, 0.4) is 0 Å². The van der Waals surface area contributed by atoms with E-state index < -0.39 is 6.10 Å². The molecule has 0 aromatic heterocycles. The molecule has 0 saturated carbocycles. The summed E-state index contributed by atoms with van der Waals surface area (Å²) < 4.78 is 5.62. The van der Waals surface area contributed by atoms with Gasteiger partial charge in [-0.1, -0.05) is 59.6 Å². The molecular weight excluding hydrogens is 345 g/mol. The monoisotopic (exact) mass is 365 g/mol. The summed E-state index contributed by atoms with van der Waals surface area (Å²) in [5, 5.41) is 3.68. The Kier molecular flexibility index (Phi) is 6.95. The summed E-state index contributed by atoms with van der Waals surface area (Å²) in [6, 6.07) is 15.4. The van der Waals surface area contributed by atoms with Crippen LogP contribution in [0.2, 0.25) is 10.0 Å². The van der Waals surface area contributed by atoms with E-state index in [4.69, 9.17) is 27.9 Å². The van der Waals surface area contributed by atoms with Crippen molar-refractivity contribution >= 4 is 29.1 Å². The summed E-state index contributed by atoms with van der Waals surface area (Å²) in [7, 11) is 0. The normalized spacial score (nSPS) is 13.2. The minimum absolute atomic E-state index is 0.0542. The van der Waals surface area contributed by atoms with Crippen LogP contribution in [0.5, 0.6) is 5.75 Å². The van der Waals surface area contributed by atoms with E-state index in [1.807, 2.05) is 25.1 Å². The van der Waals surface area contributed by atoms with E-state index in [0.717, 1.165) is 12.8 Å². The molecule has 24 heavy (non-hydrogen) atoms. The summed E-state index contributed by atoms with van der Waals surface area (Å²) in [6.07, 6.45) is 1.12. The molecule has 0 spiro atoms. The molecular formula is C19H21Cl2NO2. The maximum atomic E-state index is 12.3. The summed E-state index contributed by atoms with van der Waals surface area (Å²) in [4.78, 5) is 12.3. The molecule has 0 saturated heterocycles. The number of ether oxygens (including phenoxy) is 1. The Morgan fingerprint density at radius 1 is 1.08 bits per heavy atom. The molecule has 5 heteroatoms. The van der Waals surface area contributed by atoms with Crippen LogP contribution >= 0.6 is 23.2 Å². The van der Waals surface area contributed by atoms with E-state index in [2.05, 4.69) is 17.4 Å². The number of rotatable bonds is 7. The van der Waals surface area contributed by atoms with E-state index in [-0.39, 0.29) is 11.9 Å². The Hall–Kier alpha value is -1.71. The third-order valence-electron chi connectivity index (χ3n) is 3.69. The first-order chi connectivity index (χ1) is 11.5. The van der Waals surface area contributed by atoms with Gasteiger partial charge in [0, 0.05) is 6.04 Å². The first-order valence-electron chi connectivity index (χ1n) is 7.92. The lowest BCUT2D eigenvalue weighted by Gasteiger charge is -2.19. The zero-order valence-corrected chi connectivity index (χ0v) is 15.3. The highest BCUT2D eigenvalue weighted by Gasteiger charge is 2.18. The Morgan fingerprint density at radius 3 is 2.50 bits per heavy atom. The molecule has 2 atom stereocenters. The maximum absolute atomic E-state index is 12.3. The molecule has 128 valence electrons. The number of carbonyl (C=O) groups is 1. The second-order valence-corrected chi connectivity index (χ2v) is 6.53. The number of nitrogens with one attached hydrogen (secondary N) is 1. The van der Waals surface area contributed by atoms with Crippen molar-refractivity contribution in [2.45, 2.75) is 38.8 Å². The van der Waals surface area contributed by atoms with Gasteiger partial charge in [0.15, 0.2) is 6.10 Å². The van der Waals surface area contributed by atoms with Crippen LogP contribution in [0, 0.1) is 0 Å². The van der Waals surface area contributed by atoms with Gasteiger partial charge in [-0.3, -0.25) is 4.79 Å². The van der Waals surface area contributed by atoms with Crippen molar-refractivity contribution in [3.63, 3.8) is 0 Å². The molecule has 0 unspecified atom stereocenters. The number of amides is 1. The number of halogens is 2. The van der Waals surface area contributed by atoms with Gasteiger partial charge in [-0.25, -0.2) is 0 Å². The highest BCUT2D eigenvalue weighted by molar-refractivity contribution is 6.42. The van der Waals surface area contributed by atoms with Crippen LogP contribution in [0.15, 0.2) is 48.5 Å². The average Bonchev–Trinajstić information content (AvgIpc) is 2.58. The molecule has 1 N–H and O–H groups in total. The van der Waals surface area contributed by atoms with Crippen LogP contribution in [0.4, 0.5) is 0 Å².